The Hall–Kier alpha value is -2.09. The number of hydrogen-bond acceptors (Lipinski definition) is 3. The topological polar surface area (TPSA) is 98.4 Å². The van der Waals surface area contributed by atoms with Gasteiger partial charge in [-0.25, -0.2) is 9.59 Å². The molecular formula is C12H11NO4. The molecule has 0 amide bonds. The number of carboxylic acid groups (broad SMARTS) is 2. The van der Waals surface area contributed by atoms with Gasteiger partial charge in [-0.3, -0.25) is 0 Å². The number of fused-ring (bicyclic) bond motifs is 2. The fourth-order valence-electron chi connectivity index (χ4n) is 2.82. The van der Waals surface area contributed by atoms with Gasteiger partial charge in [0.15, 0.2) is 0 Å². The van der Waals surface area contributed by atoms with Gasteiger partial charge in [0.1, 0.15) is 0 Å². The van der Waals surface area contributed by atoms with Crippen LogP contribution in [0.3, 0.4) is 0 Å². The predicted octanol–water partition coefficient (Wildman–Crippen LogP) is 1.19. The van der Waals surface area contributed by atoms with Crippen LogP contribution in [0.4, 0.5) is 0 Å². The van der Waals surface area contributed by atoms with E-state index in [9.17, 15) is 9.59 Å². The summed E-state index contributed by atoms with van der Waals surface area (Å²) in [6, 6.07) is 2.10. The molecule has 0 spiro atoms. The Balaban J connectivity index is 2.27. The molecule has 5 nitrogen and oxygen atoms in total. The molecular weight excluding hydrogens is 222 g/mol. The van der Waals surface area contributed by atoms with Crippen LogP contribution in [0.5, 0.6) is 0 Å². The van der Waals surface area contributed by atoms with Gasteiger partial charge in [0, 0.05) is 17.2 Å². The van der Waals surface area contributed by atoms with Gasteiger partial charge in [-0.15, -0.1) is 0 Å². The van der Waals surface area contributed by atoms with E-state index in [0.717, 1.165) is 12.5 Å². The smallest absolute Gasteiger partial charge is 0.332 e. The van der Waals surface area contributed by atoms with Crippen molar-refractivity contribution in [1.82, 2.24) is 0 Å². The van der Waals surface area contributed by atoms with Crippen LogP contribution in [0.15, 0.2) is 23.3 Å². The second kappa shape index (κ2) is 4.06. The van der Waals surface area contributed by atoms with Crippen molar-refractivity contribution in [1.29, 1.82) is 5.26 Å². The van der Waals surface area contributed by atoms with E-state index < -0.39 is 11.9 Å². The second-order valence-electron chi connectivity index (χ2n) is 4.42. The molecule has 3 unspecified atom stereocenters. The number of nitriles is 1. The summed E-state index contributed by atoms with van der Waals surface area (Å²) in [7, 11) is 0. The fourth-order valence-corrected chi connectivity index (χ4v) is 2.82. The third-order valence-electron chi connectivity index (χ3n) is 3.50. The van der Waals surface area contributed by atoms with Gasteiger partial charge >= 0.3 is 11.9 Å². The van der Waals surface area contributed by atoms with Gasteiger partial charge in [-0.05, 0) is 30.6 Å². The van der Waals surface area contributed by atoms with Crippen molar-refractivity contribution in [2.75, 3.05) is 0 Å². The highest BCUT2D eigenvalue weighted by Crippen LogP contribution is 2.49. The van der Waals surface area contributed by atoms with Crippen LogP contribution in [0.1, 0.15) is 12.8 Å². The first kappa shape index (κ1) is 11.4. The maximum Gasteiger partial charge on any atom is 0.332 e. The highest BCUT2D eigenvalue weighted by Gasteiger charge is 2.43. The summed E-state index contributed by atoms with van der Waals surface area (Å²) in [4.78, 5) is 21.6. The second-order valence-corrected chi connectivity index (χ2v) is 4.42. The molecule has 3 atom stereocenters. The predicted molar refractivity (Wildman–Crippen MR) is 56.8 cm³/mol. The molecule has 0 aromatic heterocycles. The van der Waals surface area contributed by atoms with Gasteiger partial charge in [0.05, 0.1) is 6.07 Å². The largest absolute Gasteiger partial charge is 0.478 e. The molecule has 0 saturated heterocycles. The molecule has 0 radical (unpaired) electrons. The molecule has 88 valence electrons. The minimum Gasteiger partial charge on any atom is -0.478 e. The van der Waals surface area contributed by atoms with Gasteiger partial charge in [-0.2, -0.15) is 5.26 Å². The number of allylic oxidation sites excluding steroid dienone is 2. The number of rotatable bonds is 3. The fraction of sp³-hybridized carbons (Fsp3) is 0.417. The molecule has 2 N–H and O–H groups in total. The van der Waals surface area contributed by atoms with Gasteiger partial charge in [0.2, 0.25) is 0 Å². The zero-order valence-corrected chi connectivity index (χ0v) is 8.96. The van der Waals surface area contributed by atoms with Crippen LogP contribution >= 0.6 is 0 Å². The maximum atomic E-state index is 11.0. The molecule has 0 aromatic rings. The Morgan fingerprint density at radius 3 is 2.53 bits per heavy atom. The van der Waals surface area contributed by atoms with E-state index in [4.69, 9.17) is 15.5 Å². The zero-order valence-electron chi connectivity index (χ0n) is 8.96. The molecule has 2 aliphatic rings. The van der Waals surface area contributed by atoms with Crippen molar-refractivity contribution in [2.45, 2.75) is 12.8 Å². The van der Waals surface area contributed by atoms with Gasteiger partial charge < -0.3 is 10.2 Å². The van der Waals surface area contributed by atoms with Crippen molar-refractivity contribution in [3.05, 3.63) is 23.3 Å². The summed E-state index contributed by atoms with van der Waals surface area (Å²) >= 11 is 0. The lowest BCUT2D eigenvalue weighted by atomic mass is 9.84. The van der Waals surface area contributed by atoms with Crippen LogP contribution in [-0.2, 0) is 9.59 Å². The quantitative estimate of drug-likeness (QED) is 0.713. The third kappa shape index (κ3) is 1.94. The molecule has 2 bridgehead atoms. The summed E-state index contributed by atoms with van der Waals surface area (Å²) in [6.07, 6.45) is 3.89. The lowest BCUT2D eigenvalue weighted by molar-refractivity contribution is -0.135. The van der Waals surface area contributed by atoms with Crippen LogP contribution in [-0.4, -0.2) is 22.2 Å². The van der Waals surface area contributed by atoms with Gasteiger partial charge in [0.25, 0.3) is 0 Å². The van der Waals surface area contributed by atoms with E-state index in [1.54, 1.807) is 6.08 Å². The van der Waals surface area contributed by atoms with Crippen molar-refractivity contribution in [2.24, 2.45) is 17.8 Å². The van der Waals surface area contributed by atoms with E-state index >= 15 is 0 Å². The number of carboxylic acids is 2. The normalized spacial score (nSPS) is 30.9. The van der Waals surface area contributed by atoms with E-state index in [1.807, 2.05) is 0 Å². The lowest BCUT2D eigenvalue weighted by Crippen LogP contribution is -2.19. The summed E-state index contributed by atoms with van der Waals surface area (Å²) in [5, 5.41) is 26.5. The summed E-state index contributed by atoms with van der Waals surface area (Å²) in [6.45, 7) is 0. The molecule has 0 heterocycles. The minimum atomic E-state index is -1.24. The number of hydrogen-bond donors (Lipinski definition) is 2. The minimum absolute atomic E-state index is 0.00338. The summed E-state index contributed by atoms with van der Waals surface area (Å²) < 4.78 is 0. The Morgan fingerprint density at radius 2 is 2.12 bits per heavy atom. The Morgan fingerprint density at radius 1 is 1.41 bits per heavy atom. The van der Waals surface area contributed by atoms with Crippen molar-refractivity contribution < 1.29 is 19.8 Å². The molecule has 2 rings (SSSR count). The van der Waals surface area contributed by atoms with E-state index in [2.05, 4.69) is 6.07 Å². The number of aliphatic carboxylic acids is 2. The highest BCUT2D eigenvalue weighted by molar-refractivity contribution is 5.95. The molecule has 0 aliphatic heterocycles. The average molecular weight is 233 g/mol. The molecule has 0 aromatic carbocycles. The van der Waals surface area contributed by atoms with E-state index in [1.165, 1.54) is 0 Å². The molecule has 1 fully saturated rings. The maximum absolute atomic E-state index is 11.0. The van der Waals surface area contributed by atoms with Gasteiger partial charge in [-0.1, -0.05) is 6.08 Å². The van der Waals surface area contributed by atoms with E-state index in [-0.39, 0.29) is 23.3 Å². The summed E-state index contributed by atoms with van der Waals surface area (Å²) in [5.41, 5.74) is 0.657. The van der Waals surface area contributed by atoms with Crippen molar-refractivity contribution in [3.8, 4) is 6.07 Å². The van der Waals surface area contributed by atoms with Crippen molar-refractivity contribution >= 4 is 11.9 Å². The standard InChI is InChI=1S/C12H11NO4/c13-5-8-2-7-1-6(8)3-9(7)10(12(16)17)4-11(14)15/h2,4,6-7,9H,1,3H2,(H,14,15)(H,16,17). The Bertz CT molecular complexity index is 483. The van der Waals surface area contributed by atoms with Crippen LogP contribution in [0.2, 0.25) is 0 Å². The van der Waals surface area contributed by atoms with Crippen LogP contribution in [0, 0.1) is 29.1 Å². The first-order valence-electron chi connectivity index (χ1n) is 5.32. The number of nitrogens with zero attached hydrogens (tertiary/aromatic N) is 1. The average Bonchev–Trinajstić information content (AvgIpc) is 2.83. The van der Waals surface area contributed by atoms with Crippen LogP contribution < -0.4 is 0 Å². The monoisotopic (exact) mass is 233 g/mol. The summed E-state index contributed by atoms with van der Waals surface area (Å²) in [5.74, 6) is -2.60. The highest BCUT2D eigenvalue weighted by atomic mass is 16.4. The first-order valence-corrected chi connectivity index (χ1v) is 5.32. The van der Waals surface area contributed by atoms with Crippen LogP contribution in [0.25, 0.3) is 0 Å². The zero-order chi connectivity index (χ0) is 12.6. The molecule has 2 aliphatic carbocycles. The molecule has 5 heteroatoms. The lowest BCUT2D eigenvalue weighted by Gasteiger charge is -2.19. The van der Waals surface area contributed by atoms with Crippen molar-refractivity contribution in [3.63, 3.8) is 0 Å². The molecule has 17 heavy (non-hydrogen) atoms. The van der Waals surface area contributed by atoms with E-state index in [0.29, 0.717) is 12.0 Å². The molecule has 1 saturated carbocycles. The third-order valence-corrected chi connectivity index (χ3v) is 3.50. The Labute approximate surface area is 97.7 Å². The first-order chi connectivity index (χ1) is 8.02. The Kier molecular flexibility index (Phi) is 2.72. The number of carbonyl (C=O) groups is 2. The SMILES string of the molecule is N#CC1=CC2CC1CC2C(=CC(=O)O)C(=O)O.